The van der Waals surface area contributed by atoms with Crippen molar-refractivity contribution in [3.8, 4) is 0 Å². The van der Waals surface area contributed by atoms with Crippen molar-refractivity contribution >= 4 is 40.5 Å². The van der Waals surface area contributed by atoms with Gasteiger partial charge in [0.1, 0.15) is 0 Å². The fourth-order valence-electron chi connectivity index (χ4n) is 1.52. The molecule has 2 aromatic carbocycles. The Morgan fingerprint density at radius 2 is 1.68 bits per heavy atom. The number of anilines is 2. The van der Waals surface area contributed by atoms with Crippen LogP contribution in [0.5, 0.6) is 0 Å². The molecule has 0 bridgehead atoms. The normalized spacial score (nSPS) is 10.0. The van der Waals surface area contributed by atoms with Crippen molar-refractivity contribution in [2.45, 2.75) is 0 Å². The van der Waals surface area contributed by atoms with E-state index in [0.29, 0.717) is 15.7 Å². The number of hydrogen-bond donors (Lipinski definition) is 2. The van der Waals surface area contributed by atoms with Gasteiger partial charge >= 0.3 is 0 Å². The molecule has 0 fully saturated rings. The maximum absolute atomic E-state index is 11.7. The van der Waals surface area contributed by atoms with E-state index in [9.17, 15) is 4.79 Å². The molecule has 0 saturated heterocycles. The van der Waals surface area contributed by atoms with Gasteiger partial charge in [0.2, 0.25) is 5.91 Å². The Morgan fingerprint density at radius 3 is 2.37 bits per heavy atom. The van der Waals surface area contributed by atoms with Crippen molar-refractivity contribution in [1.29, 1.82) is 0 Å². The van der Waals surface area contributed by atoms with E-state index in [1.807, 2.05) is 12.1 Å². The number of amides is 1. The molecule has 19 heavy (non-hydrogen) atoms. The van der Waals surface area contributed by atoms with Crippen LogP contribution in [-0.2, 0) is 4.79 Å². The van der Waals surface area contributed by atoms with Gasteiger partial charge in [0.25, 0.3) is 0 Å². The summed E-state index contributed by atoms with van der Waals surface area (Å²) in [5.41, 5.74) is 1.51. The van der Waals surface area contributed by atoms with E-state index in [-0.39, 0.29) is 12.5 Å². The second-order valence-corrected chi connectivity index (χ2v) is 4.79. The zero-order valence-electron chi connectivity index (χ0n) is 9.99. The third kappa shape index (κ3) is 4.47. The highest BCUT2D eigenvalue weighted by Crippen LogP contribution is 2.15. The van der Waals surface area contributed by atoms with Crippen LogP contribution in [0.3, 0.4) is 0 Å². The molecule has 2 rings (SSSR count). The molecule has 2 N–H and O–H groups in total. The monoisotopic (exact) mass is 294 g/mol. The molecule has 0 spiro atoms. The Bertz CT molecular complexity index is 570. The van der Waals surface area contributed by atoms with Crippen LogP contribution in [0.4, 0.5) is 11.4 Å². The number of nitrogens with one attached hydrogen (secondary N) is 2. The minimum absolute atomic E-state index is 0.141. The lowest BCUT2D eigenvalue weighted by molar-refractivity contribution is -0.114. The summed E-state index contributed by atoms with van der Waals surface area (Å²) in [5, 5.41) is 7.00. The van der Waals surface area contributed by atoms with Crippen molar-refractivity contribution in [2.75, 3.05) is 17.2 Å². The van der Waals surface area contributed by atoms with E-state index >= 15 is 0 Å². The molecule has 1 amide bonds. The predicted molar refractivity (Wildman–Crippen MR) is 80.0 cm³/mol. The van der Waals surface area contributed by atoms with Gasteiger partial charge in [-0.3, -0.25) is 4.79 Å². The minimum Gasteiger partial charge on any atom is -0.376 e. The van der Waals surface area contributed by atoms with Crippen molar-refractivity contribution < 1.29 is 4.79 Å². The lowest BCUT2D eigenvalue weighted by Gasteiger charge is -2.08. The van der Waals surface area contributed by atoms with E-state index in [1.54, 1.807) is 36.4 Å². The summed E-state index contributed by atoms with van der Waals surface area (Å²) in [4.78, 5) is 11.7. The van der Waals surface area contributed by atoms with Crippen molar-refractivity contribution in [3.63, 3.8) is 0 Å². The first-order valence-electron chi connectivity index (χ1n) is 5.68. The second kappa shape index (κ2) is 6.45. The maximum Gasteiger partial charge on any atom is 0.243 e. The Morgan fingerprint density at radius 1 is 0.947 bits per heavy atom. The number of halogens is 2. The summed E-state index contributed by atoms with van der Waals surface area (Å²) >= 11 is 11.6. The van der Waals surface area contributed by atoms with Gasteiger partial charge in [0.15, 0.2) is 0 Å². The molecule has 0 radical (unpaired) electrons. The number of carbonyl (C=O) groups excluding carboxylic acids is 1. The summed E-state index contributed by atoms with van der Waals surface area (Å²) in [7, 11) is 0. The van der Waals surface area contributed by atoms with Gasteiger partial charge in [0.05, 0.1) is 6.54 Å². The Kier molecular flexibility index (Phi) is 4.66. The first-order valence-corrected chi connectivity index (χ1v) is 6.44. The predicted octanol–water partition coefficient (Wildman–Crippen LogP) is 4.04. The second-order valence-electron chi connectivity index (χ2n) is 3.92. The fourth-order valence-corrected chi connectivity index (χ4v) is 1.84. The molecule has 0 aliphatic heterocycles. The van der Waals surface area contributed by atoms with Gasteiger partial charge < -0.3 is 10.6 Å². The Hall–Kier alpha value is -1.71. The van der Waals surface area contributed by atoms with Crippen LogP contribution >= 0.6 is 23.2 Å². The van der Waals surface area contributed by atoms with Crippen molar-refractivity contribution in [3.05, 3.63) is 58.6 Å². The zero-order valence-corrected chi connectivity index (χ0v) is 11.5. The SMILES string of the molecule is O=C(CNc1ccc(Cl)cc1)Nc1cccc(Cl)c1. The van der Waals surface area contributed by atoms with Gasteiger partial charge in [0, 0.05) is 21.4 Å². The highest BCUT2D eigenvalue weighted by Gasteiger charge is 2.02. The Labute approximate surface area is 121 Å². The lowest BCUT2D eigenvalue weighted by atomic mass is 10.3. The first-order chi connectivity index (χ1) is 9.13. The smallest absolute Gasteiger partial charge is 0.243 e. The van der Waals surface area contributed by atoms with Gasteiger partial charge in [-0.25, -0.2) is 0 Å². The topological polar surface area (TPSA) is 41.1 Å². The van der Waals surface area contributed by atoms with E-state index < -0.39 is 0 Å². The number of benzene rings is 2. The summed E-state index contributed by atoms with van der Waals surface area (Å²) in [5.74, 6) is -0.141. The van der Waals surface area contributed by atoms with Gasteiger partial charge in [-0.05, 0) is 42.5 Å². The molecule has 0 aliphatic rings. The molecule has 0 heterocycles. The van der Waals surface area contributed by atoms with Crippen LogP contribution < -0.4 is 10.6 Å². The van der Waals surface area contributed by atoms with Gasteiger partial charge in [-0.1, -0.05) is 29.3 Å². The molecule has 0 unspecified atom stereocenters. The number of carbonyl (C=O) groups is 1. The molecule has 98 valence electrons. The fraction of sp³-hybridized carbons (Fsp3) is 0.0714. The van der Waals surface area contributed by atoms with Crippen LogP contribution in [0, 0.1) is 0 Å². The summed E-state index contributed by atoms with van der Waals surface area (Å²) < 4.78 is 0. The molecule has 0 saturated carbocycles. The third-order valence-corrected chi connectivity index (χ3v) is 2.89. The van der Waals surface area contributed by atoms with Crippen molar-refractivity contribution in [1.82, 2.24) is 0 Å². The van der Waals surface area contributed by atoms with Crippen LogP contribution in [0.2, 0.25) is 10.0 Å². The lowest BCUT2D eigenvalue weighted by Crippen LogP contribution is -2.21. The van der Waals surface area contributed by atoms with Gasteiger partial charge in [-0.15, -0.1) is 0 Å². The molecule has 3 nitrogen and oxygen atoms in total. The molecule has 0 atom stereocenters. The average molecular weight is 295 g/mol. The quantitative estimate of drug-likeness (QED) is 0.893. The number of hydrogen-bond acceptors (Lipinski definition) is 2. The van der Waals surface area contributed by atoms with Crippen LogP contribution in [0.1, 0.15) is 0 Å². The zero-order chi connectivity index (χ0) is 13.7. The standard InChI is InChI=1S/C14H12Cl2N2O/c15-10-4-6-12(7-5-10)17-9-14(19)18-13-3-1-2-11(16)8-13/h1-8,17H,9H2,(H,18,19). The largest absolute Gasteiger partial charge is 0.376 e. The third-order valence-electron chi connectivity index (χ3n) is 2.41. The van der Waals surface area contributed by atoms with E-state index in [1.165, 1.54) is 0 Å². The van der Waals surface area contributed by atoms with Crippen LogP contribution in [-0.4, -0.2) is 12.5 Å². The van der Waals surface area contributed by atoms with Crippen LogP contribution in [0.15, 0.2) is 48.5 Å². The summed E-state index contributed by atoms with van der Waals surface area (Å²) in [6.45, 7) is 0.175. The molecular weight excluding hydrogens is 283 g/mol. The van der Waals surface area contributed by atoms with Crippen molar-refractivity contribution in [2.24, 2.45) is 0 Å². The minimum atomic E-state index is -0.141. The Balaban J connectivity index is 1.86. The average Bonchev–Trinajstić information content (AvgIpc) is 2.38. The van der Waals surface area contributed by atoms with E-state index in [0.717, 1.165) is 5.69 Å². The van der Waals surface area contributed by atoms with Crippen LogP contribution in [0.25, 0.3) is 0 Å². The highest BCUT2D eigenvalue weighted by atomic mass is 35.5. The molecule has 0 aromatic heterocycles. The molecular formula is C14H12Cl2N2O. The first kappa shape index (κ1) is 13.7. The highest BCUT2D eigenvalue weighted by molar-refractivity contribution is 6.31. The molecule has 2 aromatic rings. The van der Waals surface area contributed by atoms with E-state index in [2.05, 4.69) is 10.6 Å². The summed E-state index contributed by atoms with van der Waals surface area (Å²) in [6, 6.07) is 14.2. The molecule has 0 aliphatic carbocycles. The maximum atomic E-state index is 11.7. The number of rotatable bonds is 4. The summed E-state index contributed by atoms with van der Waals surface area (Å²) in [6.07, 6.45) is 0. The van der Waals surface area contributed by atoms with E-state index in [4.69, 9.17) is 23.2 Å². The molecule has 5 heteroatoms. The van der Waals surface area contributed by atoms with Gasteiger partial charge in [-0.2, -0.15) is 0 Å².